The second kappa shape index (κ2) is 5.90. The van der Waals surface area contributed by atoms with Crippen LogP contribution >= 0.6 is 0 Å². The standard InChI is InChI=1S/C12H15NO3/c1-9(13-8-12(15)16-2)7-10-3-5-11(14)6-4-10/h3-6,14H,7-8H2,1-2H3. The highest BCUT2D eigenvalue weighted by atomic mass is 16.5. The normalized spacial score (nSPS) is 11.2. The van der Waals surface area contributed by atoms with E-state index in [4.69, 9.17) is 5.11 Å². The number of carbonyl (C=O) groups excluding carboxylic acids is 1. The lowest BCUT2D eigenvalue weighted by Crippen LogP contribution is -2.07. The molecule has 0 saturated carbocycles. The van der Waals surface area contributed by atoms with Gasteiger partial charge in [-0.3, -0.25) is 9.79 Å². The zero-order valence-electron chi connectivity index (χ0n) is 9.43. The molecule has 86 valence electrons. The van der Waals surface area contributed by atoms with Crippen LogP contribution in [0.3, 0.4) is 0 Å². The Bertz CT molecular complexity index is 382. The molecule has 0 aliphatic carbocycles. The molecule has 0 spiro atoms. The van der Waals surface area contributed by atoms with Gasteiger partial charge in [0.2, 0.25) is 0 Å². The zero-order valence-corrected chi connectivity index (χ0v) is 9.43. The third-order valence-corrected chi connectivity index (χ3v) is 2.10. The summed E-state index contributed by atoms with van der Waals surface area (Å²) in [5.41, 5.74) is 1.90. The quantitative estimate of drug-likeness (QED) is 0.620. The smallest absolute Gasteiger partial charge is 0.327 e. The molecule has 0 unspecified atom stereocenters. The fourth-order valence-electron chi connectivity index (χ4n) is 1.23. The molecule has 0 heterocycles. The van der Waals surface area contributed by atoms with Crippen LogP contribution < -0.4 is 0 Å². The van der Waals surface area contributed by atoms with Crippen LogP contribution in [0.4, 0.5) is 0 Å². The summed E-state index contributed by atoms with van der Waals surface area (Å²) in [6, 6.07) is 6.91. The number of rotatable bonds is 4. The molecule has 0 aliphatic heterocycles. The van der Waals surface area contributed by atoms with E-state index in [2.05, 4.69) is 9.73 Å². The molecule has 0 fully saturated rings. The van der Waals surface area contributed by atoms with E-state index in [0.29, 0.717) is 6.42 Å². The van der Waals surface area contributed by atoms with Crippen molar-refractivity contribution in [2.24, 2.45) is 4.99 Å². The van der Waals surface area contributed by atoms with E-state index < -0.39 is 0 Å². The van der Waals surface area contributed by atoms with E-state index in [-0.39, 0.29) is 18.3 Å². The molecule has 1 aromatic carbocycles. The lowest BCUT2D eigenvalue weighted by molar-refractivity contribution is -0.138. The van der Waals surface area contributed by atoms with Gasteiger partial charge < -0.3 is 9.84 Å². The second-order valence-electron chi connectivity index (χ2n) is 3.47. The summed E-state index contributed by atoms with van der Waals surface area (Å²) < 4.78 is 4.49. The molecular formula is C12H15NO3. The van der Waals surface area contributed by atoms with Crippen LogP contribution in [0.25, 0.3) is 0 Å². The molecule has 0 bridgehead atoms. The molecule has 0 atom stereocenters. The Morgan fingerprint density at radius 1 is 1.38 bits per heavy atom. The topological polar surface area (TPSA) is 58.9 Å². The summed E-state index contributed by atoms with van der Waals surface area (Å²) in [6.07, 6.45) is 0.664. The number of aromatic hydroxyl groups is 1. The monoisotopic (exact) mass is 221 g/mol. The van der Waals surface area contributed by atoms with Crippen molar-refractivity contribution in [1.82, 2.24) is 0 Å². The van der Waals surface area contributed by atoms with Gasteiger partial charge in [0.25, 0.3) is 0 Å². The minimum Gasteiger partial charge on any atom is -0.508 e. The maximum atomic E-state index is 10.9. The second-order valence-corrected chi connectivity index (χ2v) is 3.47. The van der Waals surface area contributed by atoms with Crippen LogP contribution in [-0.2, 0) is 16.0 Å². The number of hydrogen-bond donors (Lipinski definition) is 1. The van der Waals surface area contributed by atoms with Gasteiger partial charge in [-0.05, 0) is 24.6 Å². The lowest BCUT2D eigenvalue weighted by Gasteiger charge is -2.01. The van der Waals surface area contributed by atoms with Gasteiger partial charge in [-0.25, -0.2) is 0 Å². The Hall–Kier alpha value is -1.84. The lowest BCUT2D eigenvalue weighted by atomic mass is 10.1. The van der Waals surface area contributed by atoms with Gasteiger partial charge in [-0.2, -0.15) is 0 Å². The molecule has 1 N–H and O–H groups in total. The summed E-state index contributed by atoms with van der Waals surface area (Å²) in [5.74, 6) is -0.0991. The maximum absolute atomic E-state index is 10.9. The maximum Gasteiger partial charge on any atom is 0.327 e. The molecule has 0 amide bonds. The van der Waals surface area contributed by atoms with Crippen LogP contribution in [0.1, 0.15) is 12.5 Å². The summed E-state index contributed by atoms with van der Waals surface area (Å²) in [7, 11) is 1.34. The van der Waals surface area contributed by atoms with Crippen LogP contribution in [0.5, 0.6) is 5.75 Å². The molecule has 4 heteroatoms. The van der Waals surface area contributed by atoms with Crippen molar-refractivity contribution in [1.29, 1.82) is 0 Å². The highest BCUT2D eigenvalue weighted by Crippen LogP contribution is 2.10. The van der Waals surface area contributed by atoms with Crippen molar-refractivity contribution >= 4 is 11.7 Å². The van der Waals surface area contributed by atoms with Gasteiger partial charge in [0, 0.05) is 12.1 Å². The van der Waals surface area contributed by atoms with Crippen LogP contribution in [0.2, 0.25) is 0 Å². The number of carbonyl (C=O) groups is 1. The van der Waals surface area contributed by atoms with Crippen molar-refractivity contribution < 1.29 is 14.6 Å². The van der Waals surface area contributed by atoms with Crippen LogP contribution in [0.15, 0.2) is 29.3 Å². The van der Waals surface area contributed by atoms with E-state index in [1.54, 1.807) is 12.1 Å². The fourth-order valence-corrected chi connectivity index (χ4v) is 1.23. The van der Waals surface area contributed by atoms with Crippen molar-refractivity contribution in [3.63, 3.8) is 0 Å². The zero-order chi connectivity index (χ0) is 12.0. The predicted octanol–water partition coefficient (Wildman–Crippen LogP) is 1.57. The van der Waals surface area contributed by atoms with Gasteiger partial charge >= 0.3 is 5.97 Å². The molecule has 1 rings (SSSR count). The highest BCUT2D eigenvalue weighted by molar-refractivity contribution is 5.86. The SMILES string of the molecule is COC(=O)CN=C(C)Cc1ccc(O)cc1. The van der Waals surface area contributed by atoms with Crippen LogP contribution in [-0.4, -0.2) is 30.4 Å². The number of ether oxygens (including phenoxy) is 1. The molecule has 4 nitrogen and oxygen atoms in total. The number of methoxy groups -OCH3 is 1. The Morgan fingerprint density at radius 3 is 2.56 bits per heavy atom. The minimum atomic E-state index is -0.343. The van der Waals surface area contributed by atoms with Gasteiger partial charge in [0.15, 0.2) is 0 Å². The third-order valence-electron chi connectivity index (χ3n) is 2.10. The highest BCUT2D eigenvalue weighted by Gasteiger charge is 1.99. The van der Waals surface area contributed by atoms with E-state index in [1.165, 1.54) is 7.11 Å². The average molecular weight is 221 g/mol. The Kier molecular flexibility index (Phi) is 4.51. The van der Waals surface area contributed by atoms with E-state index in [1.807, 2.05) is 19.1 Å². The predicted molar refractivity (Wildman–Crippen MR) is 61.8 cm³/mol. The average Bonchev–Trinajstić information content (AvgIpc) is 2.29. The first-order valence-electron chi connectivity index (χ1n) is 4.96. The minimum absolute atomic E-state index is 0.0560. The van der Waals surface area contributed by atoms with E-state index in [9.17, 15) is 4.79 Å². The number of phenols is 1. The van der Waals surface area contributed by atoms with Gasteiger partial charge in [-0.15, -0.1) is 0 Å². The Morgan fingerprint density at radius 2 is 2.00 bits per heavy atom. The van der Waals surface area contributed by atoms with Crippen molar-refractivity contribution in [3.05, 3.63) is 29.8 Å². The molecular weight excluding hydrogens is 206 g/mol. The van der Waals surface area contributed by atoms with Crippen molar-refractivity contribution in [2.45, 2.75) is 13.3 Å². The summed E-state index contributed by atoms with van der Waals surface area (Å²) >= 11 is 0. The van der Waals surface area contributed by atoms with Crippen molar-refractivity contribution in [3.8, 4) is 5.75 Å². The Balaban J connectivity index is 2.53. The largest absolute Gasteiger partial charge is 0.508 e. The first-order chi connectivity index (χ1) is 7.61. The molecule has 1 aromatic rings. The summed E-state index contributed by atoms with van der Waals surface area (Å²) in [6.45, 7) is 1.91. The number of hydrogen-bond acceptors (Lipinski definition) is 4. The van der Waals surface area contributed by atoms with Gasteiger partial charge in [0.05, 0.1) is 7.11 Å². The van der Waals surface area contributed by atoms with E-state index in [0.717, 1.165) is 11.3 Å². The number of nitrogens with zero attached hydrogens (tertiary/aromatic N) is 1. The number of benzene rings is 1. The fraction of sp³-hybridized carbons (Fsp3) is 0.333. The molecule has 16 heavy (non-hydrogen) atoms. The Labute approximate surface area is 94.6 Å². The van der Waals surface area contributed by atoms with E-state index >= 15 is 0 Å². The summed E-state index contributed by atoms with van der Waals surface area (Å²) in [5, 5.41) is 9.11. The molecule has 0 aliphatic rings. The molecule has 0 aromatic heterocycles. The first kappa shape index (κ1) is 12.2. The van der Waals surface area contributed by atoms with Gasteiger partial charge in [-0.1, -0.05) is 12.1 Å². The number of aliphatic imine (C=N–C) groups is 1. The molecule has 0 saturated heterocycles. The molecule has 0 radical (unpaired) electrons. The number of esters is 1. The summed E-state index contributed by atoms with van der Waals surface area (Å²) in [4.78, 5) is 14.9. The third kappa shape index (κ3) is 4.13. The number of phenolic OH excluding ortho intramolecular Hbond substituents is 1. The van der Waals surface area contributed by atoms with Gasteiger partial charge in [0.1, 0.15) is 12.3 Å². The van der Waals surface area contributed by atoms with Crippen LogP contribution in [0, 0.1) is 0 Å². The first-order valence-corrected chi connectivity index (χ1v) is 4.96. The van der Waals surface area contributed by atoms with Crippen molar-refractivity contribution in [2.75, 3.05) is 13.7 Å².